The lowest BCUT2D eigenvalue weighted by Crippen LogP contribution is -2.16. The van der Waals surface area contributed by atoms with Gasteiger partial charge in [-0.3, -0.25) is 0 Å². The smallest absolute Gasteiger partial charge is 0.163 e. The van der Waals surface area contributed by atoms with Gasteiger partial charge in [0, 0.05) is 5.56 Å². The molecule has 56 valence electrons. The van der Waals surface area contributed by atoms with E-state index >= 15 is 0 Å². The van der Waals surface area contributed by atoms with Crippen molar-refractivity contribution >= 4 is 6.21 Å². The maximum Gasteiger partial charge on any atom is 0.163 e. The van der Waals surface area contributed by atoms with E-state index < -0.39 is 0 Å². The molecule has 0 fully saturated rings. The van der Waals surface area contributed by atoms with Crippen LogP contribution in [0.3, 0.4) is 0 Å². The fourth-order valence-electron chi connectivity index (χ4n) is 1.07. The predicted molar refractivity (Wildman–Crippen MR) is 42.5 cm³/mol. The van der Waals surface area contributed by atoms with Crippen LogP contribution in [0.4, 0.5) is 0 Å². The largest absolute Gasteiger partial charge is 0.357 e. The maximum absolute atomic E-state index is 5.72. The monoisotopic (exact) mass is 148 g/mol. The fraction of sp³-hybridized carbons (Fsp3) is 0.125. The molecule has 0 radical (unpaired) electrons. The van der Waals surface area contributed by atoms with Gasteiger partial charge in [0.2, 0.25) is 0 Å². The van der Waals surface area contributed by atoms with E-state index in [4.69, 9.17) is 10.6 Å². The zero-order chi connectivity index (χ0) is 7.68. The molecule has 0 amide bonds. The molecule has 1 atom stereocenters. The first-order valence-electron chi connectivity index (χ1n) is 3.43. The molecular formula is C8H8N2O. The van der Waals surface area contributed by atoms with E-state index in [0.29, 0.717) is 0 Å². The van der Waals surface area contributed by atoms with Crippen molar-refractivity contribution in [1.82, 2.24) is 0 Å². The number of benzene rings is 1. The first kappa shape index (κ1) is 6.37. The average molecular weight is 148 g/mol. The lowest BCUT2D eigenvalue weighted by molar-refractivity contribution is 0.329. The Morgan fingerprint density at radius 2 is 2.18 bits per heavy atom. The van der Waals surface area contributed by atoms with Crippen molar-refractivity contribution in [3.05, 3.63) is 29.8 Å². The third-order valence-electron chi connectivity index (χ3n) is 1.65. The van der Waals surface area contributed by atoms with E-state index in [-0.39, 0.29) is 6.04 Å². The second kappa shape index (κ2) is 2.36. The van der Waals surface area contributed by atoms with Gasteiger partial charge in [0.1, 0.15) is 0 Å². The minimum Gasteiger partial charge on any atom is -0.357 e. The first-order chi connectivity index (χ1) is 5.38. The highest BCUT2D eigenvalue weighted by molar-refractivity contribution is 5.69. The molecule has 1 heterocycles. The molecule has 1 aliphatic rings. The van der Waals surface area contributed by atoms with Gasteiger partial charge in [0.15, 0.2) is 5.75 Å². The number of hydrogen-bond donors (Lipinski definition) is 1. The second-order valence-corrected chi connectivity index (χ2v) is 2.41. The van der Waals surface area contributed by atoms with E-state index in [2.05, 4.69) is 5.16 Å². The summed E-state index contributed by atoms with van der Waals surface area (Å²) in [5.74, 6) is 0.752. The summed E-state index contributed by atoms with van der Waals surface area (Å²) in [6, 6.07) is 7.49. The van der Waals surface area contributed by atoms with Crippen LogP contribution in [0.1, 0.15) is 11.6 Å². The van der Waals surface area contributed by atoms with Gasteiger partial charge in [-0.25, -0.2) is 0 Å². The number of nitrogens with zero attached hydrogens (tertiary/aromatic N) is 1. The van der Waals surface area contributed by atoms with Crippen LogP contribution in [0, 0.1) is 0 Å². The van der Waals surface area contributed by atoms with E-state index in [1.54, 1.807) is 6.21 Å². The van der Waals surface area contributed by atoms with Crippen LogP contribution < -0.4 is 10.6 Å². The molecule has 0 saturated heterocycles. The molecule has 3 nitrogen and oxygen atoms in total. The Hall–Kier alpha value is -1.35. The minimum atomic E-state index is -0.125. The number of nitrogens with two attached hydrogens (primary N) is 1. The van der Waals surface area contributed by atoms with Crippen molar-refractivity contribution < 1.29 is 4.84 Å². The van der Waals surface area contributed by atoms with Crippen LogP contribution in [0.5, 0.6) is 5.75 Å². The summed E-state index contributed by atoms with van der Waals surface area (Å²) in [5, 5.41) is 3.65. The lowest BCUT2D eigenvalue weighted by Gasteiger charge is -2.14. The van der Waals surface area contributed by atoms with Gasteiger partial charge in [-0.1, -0.05) is 23.4 Å². The molecule has 11 heavy (non-hydrogen) atoms. The van der Waals surface area contributed by atoms with E-state index in [9.17, 15) is 0 Å². The van der Waals surface area contributed by atoms with Gasteiger partial charge in [0.05, 0.1) is 12.3 Å². The molecule has 0 aromatic heterocycles. The van der Waals surface area contributed by atoms with E-state index in [1.807, 2.05) is 24.3 Å². The van der Waals surface area contributed by atoms with Crippen molar-refractivity contribution in [2.45, 2.75) is 6.04 Å². The summed E-state index contributed by atoms with van der Waals surface area (Å²) >= 11 is 0. The van der Waals surface area contributed by atoms with E-state index in [0.717, 1.165) is 11.3 Å². The lowest BCUT2D eigenvalue weighted by atomic mass is 10.1. The maximum atomic E-state index is 5.72. The Labute approximate surface area is 64.5 Å². The molecule has 2 N–H and O–H groups in total. The van der Waals surface area contributed by atoms with E-state index in [1.165, 1.54) is 0 Å². The summed E-state index contributed by atoms with van der Waals surface area (Å²) in [6.07, 6.45) is 1.59. The summed E-state index contributed by atoms with van der Waals surface area (Å²) in [6.45, 7) is 0. The van der Waals surface area contributed by atoms with Gasteiger partial charge < -0.3 is 10.6 Å². The Bertz CT molecular complexity index is 296. The Morgan fingerprint density at radius 3 is 3.00 bits per heavy atom. The number of fused-ring (bicyclic) bond motifs is 1. The number of para-hydroxylation sites is 1. The van der Waals surface area contributed by atoms with Crippen molar-refractivity contribution in [3.8, 4) is 5.75 Å². The molecule has 0 spiro atoms. The highest BCUT2D eigenvalue weighted by atomic mass is 16.6. The quantitative estimate of drug-likeness (QED) is 0.598. The molecule has 0 bridgehead atoms. The van der Waals surface area contributed by atoms with Gasteiger partial charge in [0.25, 0.3) is 0 Å². The van der Waals surface area contributed by atoms with Crippen molar-refractivity contribution in [1.29, 1.82) is 0 Å². The minimum absolute atomic E-state index is 0.125. The Kier molecular flexibility index (Phi) is 1.36. The molecular weight excluding hydrogens is 140 g/mol. The van der Waals surface area contributed by atoms with Gasteiger partial charge >= 0.3 is 0 Å². The van der Waals surface area contributed by atoms with Crippen molar-refractivity contribution in [2.75, 3.05) is 0 Å². The standard InChI is InChI=1S/C8H8N2O/c9-7-5-10-11-8-4-2-1-3-6(7)8/h1-5,7H,9H2. The summed E-state index contributed by atoms with van der Waals surface area (Å²) in [4.78, 5) is 4.98. The third-order valence-corrected chi connectivity index (χ3v) is 1.65. The predicted octanol–water partition coefficient (Wildman–Crippen LogP) is 1.06. The van der Waals surface area contributed by atoms with Crippen LogP contribution in [0.2, 0.25) is 0 Å². The fourth-order valence-corrected chi connectivity index (χ4v) is 1.07. The van der Waals surface area contributed by atoms with Gasteiger partial charge in [-0.2, -0.15) is 0 Å². The third kappa shape index (κ3) is 0.991. The normalized spacial score (nSPS) is 20.6. The summed E-state index contributed by atoms with van der Waals surface area (Å²) < 4.78 is 0. The Morgan fingerprint density at radius 1 is 1.36 bits per heavy atom. The molecule has 0 aliphatic carbocycles. The molecule has 1 unspecified atom stereocenters. The Balaban J connectivity index is 2.50. The number of rotatable bonds is 0. The topological polar surface area (TPSA) is 47.6 Å². The first-order valence-corrected chi connectivity index (χ1v) is 3.43. The molecule has 2 rings (SSSR count). The molecule has 1 aromatic carbocycles. The van der Waals surface area contributed by atoms with Crippen LogP contribution in [0.25, 0.3) is 0 Å². The van der Waals surface area contributed by atoms with Crippen LogP contribution in [-0.2, 0) is 0 Å². The van der Waals surface area contributed by atoms with Crippen molar-refractivity contribution in [2.24, 2.45) is 10.9 Å². The highest BCUT2D eigenvalue weighted by Gasteiger charge is 2.13. The van der Waals surface area contributed by atoms with Crippen molar-refractivity contribution in [3.63, 3.8) is 0 Å². The van der Waals surface area contributed by atoms with Crippen LogP contribution in [0.15, 0.2) is 29.4 Å². The van der Waals surface area contributed by atoms with Gasteiger partial charge in [-0.15, -0.1) is 0 Å². The zero-order valence-corrected chi connectivity index (χ0v) is 5.90. The molecule has 1 aromatic rings. The number of oxime groups is 1. The highest BCUT2D eigenvalue weighted by Crippen LogP contribution is 2.25. The summed E-state index contributed by atoms with van der Waals surface area (Å²) in [5.41, 5.74) is 6.71. The molecule has 1 aliphatic heterocycles. The number of hydrogen-bond acceptors (Lipinski definition) is 3. The summed E-state index contributed by atoms with van der Waals surface area (Å²) in [7, 11) is 0. The molecule has 3 heteroatoms. The molecule has 0 saturated carbocycles. The van der Waals surface area contributed by atoms with Crippen LogP contribution >= 0.6 is 0 Å². The van der Waals surface area contributed by atoms with Crippen LogP contribution in [-0.4, -0.2) is 6.21 Å². The second-order valence-electron chi connectivity index (χ2n) is 2.41. The SMILES string of the molecule is NC1C=NOc2ccccc21. The van der Waals surface area contributed by atoms with Gasteiger partial charge in [-0.05, 0) is 6.07 Å². The zero-order valence-electron chi connectivity index (χ0n) is 5.90. The average Bonchev–Trinajstić information content (AvgIpc) is 2.06.